The van der Waals surface area contributed by atoms with Crippen LogP contribution >= 0.6 is 0 Å². The second kappa shape index (κ2) is 17.8. The Hall–Kier alpha value is -5.71. The number of carbonyl (C=O) groups is 2. The largest absolute Gasteiger partial charge is 0.496 e. The average Bonchev–Trinajstić information content (AvgIpc) is 3.17. The molecule has 0 saturated carbocycles. The number of hydrogen-bond donors (Lipinski definition) is 6. The fourth-order valence-corrected chi connectivity index (χ4v) is 6.68. The molecule has 4 heterocycles. The normalized spacial score (nSPS) is 15.3. The SMILES string of the molecule is COc1ccc(F)c(F)c1C(=O)c1cnc(NC2CCN(S(N)(=O)=O)CC2)nc1N.COc1ccc(F)c(F)c1C(=O)c1cnc(NC2CCNCC2)nc1N. The topological polar surface area (TPSA) is 256 Å². The summed E-state index contributed by atoms with van der Waals surface area (Å²) >= 11 is 0. The van der Waals surface area contributed by atoms with E-state index in [1.54, 1.807) is 0 Å². The molecule has 4 aromatic rings. The first kappa shape index (κ1) is 41.5. The van der Waals surface area contributed by atoms with Gasteiger partial charge in [-0.15, -0.1) is 0 Å². The van der Waals surface area contributed by atoms with Crippen LogP contribution < -0.4 is 42.0 Å². The number of nitrogens with one attached hydrogen (secondary N) is 3. The minimum Gasteiger partial charge on any atom is -0.496 e. The van der Waals surface area contributed by atoms with Crippen molar-refractivity contribution in [2.75, 3.05) is 62.5 Å². The van der Waals surface area contributed by atoms with Crippen LogP contribution in [0.1, 0.15) is 57.5 Å². The molecular weight excluding hydrogens is 767 g/mol. The van der Waals surface area contributed by atoms with Crippen molar-refractivity contribution in [3.63, 3.8) is 0 Å². The molecule has 2 aromatic heterocycles. The lowest BCUT2D eigenvalue weighted by atomic mass is 10.0. The predicted molar refractivity (Wildman–Crippen MR) is 196 cm³/mol. The van der Waals surface area contributed by atoms with E-state index in [-0.39, 0.29) is 71.3 Å². The maximum atomic E-state index is 14.2. The summed E-state index contributed by atoms with van der Waals surface area (Å²) < 4.78 is 89.2. The molecule has 0 atom stereocenters. The number of rotatable bonds is 11. The molecule has 9 N–H and O–H groups in total. The van der Waals surface area contributed by atoms with Crippen molar-refractivity contribution < 1.29 is 45.0 Å². The molecule has 0 unspecified atom stereocenters. The van der Waals surface area contributed by atoms with E-state index in [9.17, 15) is 35.6 Å². The number of piperidine rings is 2. The summed E-state index contributed by atoms with van der Waals surface area (Å²) in [5.74, 6) is -6.97. The summed E-state index contributed by atoms with van der Waals surface area (Å²) in [4.78, 5) is 41.6. The second-order valence-electron chi connectivity index (χ2n) is 12.6. The number of anilines is 4. The highest BCUT2D eigenvalue weighted by Gasteiger charge is 2.29. The van der Waals surface area contributed by atoms with Gasteiger partial charge in [0.05, 0.1) is 25.3 Å². The molecule has 6 rings (SSSR count). The van der Waals surface area contributed by atoms with Crippen molar-refractivity contribution in [2.24, 2.45) is 5.14 Å². The number of nitrogens with zero attached hydrogens (tertiary/aromatic N) is 5. The summed E-state index contributed by atoms with van der Waals surface area (Å²) in [6.07, 6.45) is 5.07. The van der Waals surface area contributed by atoms with Crippen molar-refractivity contribution >= 4 is 45.3 Å². The molecule has 0 radical (unpaired) electrons. The molecule has 22 heteroatoms. The monoisotopic (exact) mass is 805 g/mol. The molecule has 2 aromatic carbocycles. The highest BCUT2D eigenvalue weighted by atomic mass is 32.2. The molecule has 0 spiro atoms. The zero-order valence-corrected chi connectivity index (χ0v) is 30.9. The number of methoxy groups -OCH3 is 2. The van der Waals surface area contributed by atoms with E-state index in [4.69, 9.17) is 26.1 Å². The molecule has 2 aliphatic heterocycles. The van der Waals surface area contributed by atoms with Crippen molar-refractivity contribution in [1.29, 1.82) is 0 Å². The van der Waals surface area contributed by atoms with Gasteiger partial charge in [0.1, 0.15) is 34.3 Å². The number of benzene rings is 2. The highest BCUT2D eigenvalue weighted by molar-refractivity contribution is 7.86. The van der Waals surface area contributed by atoms with Crippen LogP contribution in [0.4, 0.5) is 41.1 Å². The second-order valence-corrected chi connectivity index (χ2v) is 14.1. The quantitative estimate of drug-likeness (QED) is 0.0940. The van der Waals surface area contributed by atoms with Crippen LogP contribution in [0, 0.1) is 23.3 Å². The maximum Gasteiger partial charge on any atom is 0.276 e. The van der Waals surface area contributed by atoms with Gasteiger partial charge in [-0.3, -0.25) is 9.59 Å². The van der Waals surface area contributed by atoms with Crippen LogP contribution in [-0.2, 0) is 10.2 Å². The summed E-state index contributed by atoms with van der Waals surface area (Å²) in [5.41, 5.74) is 10.2. The Bertz CT molecular complexity index is 2210. The van der Waals surface area contributed by atoms with Gasteiger partial charge in [0.2, 0.25) is 23.5 Å². The Kier molecular flexibility index (Phi) is 13.2. The fraction of sp³-hybridized carbons (Fsp3) is 0.353. The van der Waals surface area contributed by atoms with E-state index < -0.39 is 56.2 Å². The molecule has 0 amide bonds. The molecule has 17 nitrogen and oxygen atoms in total. The zero-order valence-electron chi connectivity index (χ0n) is 30.1. The smallest absolute Gasteiger partial charge is 0.276 e. The summed E-state index contributed by atoms with van der Waals surface area (Å²) in [6.45, 7) is 2.26. The van der Waals surface area contributed by atoms with Gasteiger partial charge >= 0.3 is 0 Å². The van der Waals surface area contributed by atoms with E-state index in [1.807, 2.05) is 0 Å². The molecule has 56 heavy (non-hydrogen) atoms. The Morgan fingerprint density at radius 2 is 1.16 bits per heavy atom. The first-order valence-corrected chi connectivity index (χ1v) is 18.5. The molecular formula is C34H39F4N11O6S. The van der Waals surface area contributed by atoms with E-state index in [2.05, 4.69) is 35.9 Å². The lowest BCUT2D eigenvalue weighted by Gasteiger charge is -2.30. The number of halogens is 4. The van der Waals surface area contributed by atoms with Gasteiger partial charge < -0.3 is 36.9 Å². The van der Waals surface area contributed by atoms with E-state index in [0.29, 0.717) is 12.8 Å². The number of ether oxygens (including phenoxy) is 2. The summed E-state index contributed by atoms with van der Waals surface area (Å²) in [6, 6.07) is 4.11. The summed E-state index contributed by atoms with van der Waals surface area (Å²) in [7, 11) is -1.25. The molecule has 300 valence electrons. The number of ketones is 2. The number of aromatic nitrogens is 4. The third-order valence-electron chi connectivity index (χ3n) is 8.95. The van der Waals surface area contributed by atoms with Crippen LogP contribution in [0.2, 0.25) is 0 Å². The number of nitrogen functional groups attached to an aromatic ring is 2. The first-order chi connectivity index (χ1) is 26.6. The third-order valence-corrected chi connectivity index (χ3v) is 10.0. The van der Waals surface area contributed by atoms with Gasteiger partial charge in [-0.05, 0) is 63.0 Å². The Morgan fingerprint density at radius 1 is 0.750 bits per heavy atom. The fourth-order valence-electron chi connectivity index (χ4n) is 5.96. The van der Waals surface area contributed by atoms with Gasteiger partial charge in [0.15, 0.2) is 23.3 Å². The minimum absolute atomic E-state index is 0.0924. The maximum absolute atomic E-state index is 14.2. The Balaban J connectivity index is 0.000000216. The van der Waals surface area contributed by atoms with Crippen molar-refractivity contribution in [3.05, 3.63) is 82.2 Å². The average molecular weight is 806 g/mol. The lowest BCUT2D eigenvalue weighted by molar-refractivity contribution is 0.102. The molecule has 0 aliphatic carbocycles. The van der Waals surface area contributed by atoms with Crippen LogP contribution in [-0.4, -0.2) is 96.7 Å². The van der Waals surface area contributed by atoms with Crippen LogP contribution in [0.15, 0.2) is 36.7 Å². The first-order valence-electron chi connectivity index (χ1n) is 17.0. The van der Waals surface area contributed by atoms with Crippen molar-refractivity contribution in [1.82, 2.24) is 29.6 Å². The number of nitrogens with two attached hydrogens (primary N) is 3. The van der Waals surface area contributed by atoms with Crippen LogP contribution in [0.5, 0.6) is 11.5 Å². The van der Waals surface area contributed by atoms with Gasteiger partial charge in [0, 0.05) is 37.6 Å². The van der Waals surface area contributed by atoms with Crippen LogP contribution in [0.25, 0.3) is 0 Å². The van der Waals surface area contributed by atoms with E-state index >= 15 is 0 Å². The lowest BCUT2D eigenvalue weighted by Crippen LogP contribution is -2.45. The number of hydrogen-bond acceptors (Lipinski definition) is 15. The van der Waals surface area contributed by atoms with E-state index in [0.717, 1.165) is 50.3 Å². The van der Waals surface area contributed by atoms with Crippen molar-refractivity contribution in [2.45, 2.75) is 37.8 Å². The van der Waals surface area contributed by atoms with Crippen LogP contribution in [0.3, 0.4) is 0 Å². The van der Waals surface area contributed by atoms with Gasteiger partial charge in [-0.25, -0.2) is 32.7 Å². The molecule has 2 fully saturated rings. The third kappa shape index (κ3) is 9.56. The highest BCUT2D eigenvalue weighted by Crippen LogP contribution is 2.29. The van der Waals surface area contributed by atoms with Gasteiger partial charge in [0.25, 0.3) is 10.2 Å². The molecule has 0 bridgehead atoms. The van der Waals surface area contributed by atoms with E-state index in [1.165, 1.54) is 30.8 Å². The Labute approximate surface area is 318 Å². The minimum atomic E-state index is -3.73. The molecule has 2 saturated heterocycles. The molecule has 2 aliphatic rings. The van der Waals surface area contributed by atoms with Crippen molar-refractivity contribution in [3.8, 4) is 11.5 Å². The van der Waals surface area contributed by atoms with Gasteiger partial charge in [-0.1, -0.05) is 0 Å². The standard InChI is InChI=1S/C17H20F2N6O4S.C17H19F2N5O2/c1-29-12-3-2-11(18)14(19)13(12)15(26)10-8-22-17(24-16(10)20)23-9-4-6-25(7-5-9)30(21,27)28;1-26-12-3-2-11(18)14(19)13(12)15(25)10-8-22-17(24-16(10)20)23-9-4-6-21-7-5-9/h2-3,8-9H,4-7H2,1H3,(H2,21,27,28)(H3,20,22,23,24);2-3,8-9,21H,4-7H2,1H3,(H3,20,22,23,24). The predicted octanol–water partition coefficient (Wildman–Crippen LogP) is 2.40. The summed E-state index contributed by atoms with van der Waals surface area (Å²) in [5, 5.41) is 14.5. The Morgan fingerprint density at radius 3 is 1.54 bits per heavy atom. The van der Waals surface area contributed by atoms with Gasteiger partial charge in [-0.2, -0.15) is 22.7 Å². The number of carbonyl (C=O) groups excluding carboxylic acids is 2. The zero-order chi connectivity index (χ0) is 40.7.